The molecule has 2 rings (SSSR count). The van der Waals surface area contributed by atoms with Crippen LogP contribution in [-0.4, -0.2) is 36.5 Å². The van der Waals surface area contributed by atoms with Crippen molar-refractivity contribution in [2.75, 3.05) is 19.3 Å². The lowest BCUT2D eigenvalue weighted by atomic mass is 10.2. The Morgan fingerprint density at radius 3 is 2.68 bits per heavy atom. The zero-order chi connectivity index (χ0) is 14.2. The van der Waals surface area contributed by atoms with E-state index in [0.29, 0.717) is 19.0 Å². The summed E-state index contributed by atoms with van der Waals surface area (Å²) in [5.41, 5.74) is 4.42. The van der Waals surface area contributed by atoms with E-state index < -0.39 is 29.3 Å². The average molecular weight is 270 g/mol. The molecule has 1 aromatic rings. The van der Waals surface area contributed by atoms with Gasteiger partial charge in [0.25, 0.3) is 5.91 Å². The number of nitrogen functional groups attached to an aromatic ring is 1. The highest BCUT2D eigenvalue weighted by atomic mass is 19.1. The number of carbonyl (C=O) groups excluding carboxylic acids is 2. The molecule has 1 fully saturated rings. The smallest absolute Gasteiger partial charge is 0.341 e. The number of nitrogens with zero attached hydrogens (tertiary/aromatic N) is 1. The van der Waals surface area contributed by atoms with Crippen LogP contribution < -0.4 is 5.73 Å². The monoisotopic (exact) mass is 270 g/mol. The van der Waals surface area contributed by atoms with E-state index in [-0.39, 0.29) is 11.6 Å². The molecule has 0 aliphatic carbocycles. The maximum Gasteiger partial charge on any atom is 0.341 e. The summed E-state index contributed by atoms with van der Waals surface area (Å²) in [4.78, 5) is 24.7. The highest BCUT2D eigenvalue weighted by Gasteiger charge is 2.33. The summed E-state index contributed by atoms with van der Waals surface area (Å²) in [5.74, 6) is -3.40. The summed E-state index contributed by atoms with van der Waals surface area (Å²) in [5, 5.41) is 0. The van der Waals surface area contributed by atoms with Crippen molar-refractivity contribution in [1.82, 2.24) is 4.90 Å². The normalized spacial score (nSPS) is 18.8. The van der Waals surface area contributed by atoms with E-state index in [1.807, 2.05) is 0 Å². The lowest BCUT2D eigenvalue weighted by Crippen LogP contribution is -2.29. The van der Waals surface area contributed by atoms with Crippen LogP contribution in [0.25, 0.3) is 0 Å². The molecule has 0 bridgehead atoms. The van der Waals surface area contributed by atoms with Crippen molar-refractivity contribution in [2.24, 2.45) is 0 Å². The number of amides is 1. The Bertz CT molecular complexity index is 548. The van der Waals surface area contributed by atoms with Crippen molar-refractivity contribution in [2.45, 2.75) is 12.5 Å². The molecule has 1 aliphatic rings. The van der Waals surface area contributed by atoms with Gasteiger partial charge in [-0.25, -0.2) is 13.6 Å². The predicted octanol–water partition coefficient (Wildman–Crippen LogP) is 0.935. The Morgan fingerprint density at radius 2 is 2.11 bits per heavy atom. The van der Waals surface area contributed by atoms with Gasteiger partial charge in [-0.15, -0.1) is 0 Å². The summed E-state index contributed by atoms with van der Waals surface area (Å²) in [7, 11) is 1.58. The van der Waals surface area contributed by atoms with Crippen LogP contribution in [0.4, 0.5) is 14.5 Å². The number of likely N-dealkylation sites (N-methyl/N-ethyl adjacent to an activating group) is 1. The van der Waals surface area contributed by atoms with E-state index >= 15 is 0 Å². The molecular formula is C12H12F2N2O3. The number of rotatable bonds is 2. The first-order chi connectivity index (χ1) is 8.90. The van der Waals surface area contributed by atoms with Gasteiger partial charge in [-0.05, 0) is 6.07 Å². The summed E-state index contributed by atoms with van der Waals surface area (Å²) in [6.45, 7) is 0.463. The Balaban J connectivity index is 2.17. The lowest BCUT2D eigenvalue weighted by Gasteiger charge is -2.12. The SMILES string of the molecule is CN1CCC(OC(=O)c2cc(N)c(F)cc2F)C1=O. The molecule has 1 heterocycles. The molecule has 1 unspecified atom stereocenters. The topological polar surface area (TPSA) is 72.6 Å². The molecule has 7 heteroatoms. The minimum Gasteiger partial charge on any atom is -0.449 e. The molecule has 0 aromatic heterocycles. The van der Waals surface area contributed by atoms with Crippen molar-refractivity contribution in [3.05, 3.63) is 29.3 Å². The van der Waals surface area contributed by atoms with E-state index in [2.05, 4.69) is 0 Å². The molecule has 102 valence electrons. The van der Waals surface area contributed by atoms with Crippen LogP contribution in [0.1, 0.15) is 16.8 Å². The molecule has 0 saturated carbocycles. The predicted molar refractivity (Wildman–Crippen MR) is 62.2 cm³/mol. The third-order valence-electron chi connectivity index (χ3n) is 2.93. The van der Waals surface area contributed by atoms with Gasteiger partial charge in [0.15, 0.2) is 6.10 Å². The van der Waals surface area contributed by atoms with Crippen LogP contribution in [0.3, 0.4) is 0 Å². The number of anilines is 1. The Hall–Kier alpha value is -2.18. The zero-order valence-electron chi connectivity index (χ0n) is 10.2. The van der Waals surface area contributed by atoms with Crippen LogP contribution in [0.15, 0.2) is 12.1 Å². The number of benzene rings is 1. The second kappa shape index (κ2) is 4.83. The van der Waals surface area contributed by atoms with E-state index in [1.165, 1.54) is 4.90 Å². The Labute approximate surface area is 107 Å². The van der Waals surface area contributed by atoms with Gasteiger partial charge < -0.3 is 15.4 Å². The maximum absolute atomic E-state index is 13.4. The summed E-state index contributed by atoms with van der Waals surface area (Å²) in [6.07, 6.45) is -0.581. The van der Waals surface area contributed by atoms with Gasteiger partial charge in [0, 0.05) is 26.1 Å². The van der Waals surface area contributed by atoms with E-state index in [1.54, 1.807) is 7.05 Å². The maximum atomic E-state index is 13.4. The highest BCUT2D eigenvalue weighted by molar-refractivity contribution is 5.93. The highest BCUT2D eigenvalue weighted by Crippen LogP contribution is 2.20. The van der Waals surface area contributed by atoms with Crippen LogP contribution in [0, 0.1) is 11.6 Å². The van der Waals surface area contributed by atoms with Crippen LogP contribution in [0.2, 0.25) is 0 Å². The molecule has 1 aromatic carbocycles. The van der Waals surface area contributed by atoms with Gasteiger partial charge in [-0.1, -0.05) is 0 Å². The fourth-order valence-corrected chi connectivity index (χ4v) is 1.81. The summed E-state index contributed by atoms with van der Waals surface area (Å²) >= 11 is 0. The van der Waals surface area contributed by atoms with Gasteiger partial charge in [-0.3, -0.25) is 4.79 Å². The number of ether oxygens (including phenoxy) is 1. The molecule has 0 radical (unpaired) electrons. The molecular weight excluding hydrogens is 258 g/mol. The van der Waals surface area contributed by atoms with Gasteiger partial charge in [-0.2, -0.15) is 0 Å². The Morgan fingerprint density at radius 1 is 1.42 bits per heavy atom. The third-order valence-corrected chi connectivity index (χ3v) is 2.93. The number of likely N-dealkylation sites (tertiary alicyclic amines) is 1. The number of hydrogen-bond acceptors (Lipinski definition) is 4. The molecule has 2 N–H and O–H groups in total. The van der Waals surface area contributed by atoms with Gasteiger partial charge in [0.2, 0.25) is 0 Å². The molecule has 19 heavy (non-hydrogen) atoms. The lowest BCUT2D eigenvalue weighted by molar-refractivity contribution is -0.133. The van der Waals surface area contributed by atoms with E-state index in [4.69, 9.17) is 10.5 Å². The Kier molecular flexibility index (Phi) is 3.37. The first kappa shape index (κ1) is 13.3. The molecule has 1 saturated heterocycles. The van der Waals surface area contributed by atoms with Crippen molar-refractivity contribution in [3.63, 3.8) is 0 Å². The summed E-state index contributed by atoms with van der Waals surface area (Å²) in [6, 6.07) is 1.37. The number of hydrogen-bond donors (Lipinski definition) is 1. The minimum absolute atomic E-state index is 0.344. The van der Waals surface area contributed by atoms with Crippen LogP contribution in [0.5, 0.6) is 0 Å². The van der Waals surface area contributed by atoms with Crippen molar-refractivity contribution >= 4 is 17.6 Å². The molecule has 0 spiro atoms. The van der Waals surface area contributed by atoms with Gasteiger partial charge in [0.05, 0.1) is 11.3 Å². The molecule has 1 aliphatic heterocycles. The fraction of sp³-hybridized carbons (Fsp3) is 0.333. The number of halogens is 2. The zero-order valence-corrected chi connectivity index (χ0v) is 10.2. The first-order valence-electron chi connectivity index (χ1n) is 5.60. The molecule has 1 atom stereocenters. The first-order valence-corrected chi connectivity index (χ1v) is 5.60. The number of esters is 1. The second-order valence-electron chi connectivity index (χ2n) is 4.30. The third kappa shape index (κ3) is 2.49. The minimum atomic E-state index is -1.07. The number of carbonyl (C=O) groups is 2. The van der Waals surface area contributed by atoms with E-state index in [9.17, 15) is 18.4 Å². The largest absolute Gasteiger partial charge is 0.449 e. The van der Waals surface area contributed by atoms with Crippen molar-refractivity contribution in [3.8, 4) is 0 Å². The molecule has 5 nitrogen and oxygen atoms in total. The second-order valence-corrected chi connectivity index (χ2v) is 4.30. The van der Waals surface area contributed by atoms with Gasteiger partial charge >= 0.3 is 5.97 Å². The van der Waals surface area contributed by atoms with Crippen molar-refractivity contribution < 1.29 is 23.1 Å². The van der Waals surface area contributed by atoms with Crippen LogP contribution >= 0.6 is 0 Å². The van der Waals surface area contributed by atoms with E-state index in [0.717, 1.165) is 6.07 Å². The fourth-order valence-electron chi connectivity index (χ4n) is 1.81. The quantitative estimate of drug-likeness (QED) is 0.641. The standard InChI is InChI=1S/C12H12F2N2O3/c1-16-3-2-10(11(16)17)19-12(18)6-4-9(15)8(14)5-7(6)13/h4-5,10H,2-3,15H2,1H3. The van der Waals surface area contributed by atoms with Crippen molar-refractivity contribution in [1.29, 1.82) is 0 Å². The van der Waals surface area contributed by atoms with Gasteiger partial charge in [0.1, 0.15) is 11.6 Å². The molecule has 1 amide bonds. The summed E-state index contributed by atoms with van der Waals surface area (Å²) < 4.78 is 31.3. The van der Waals surface area contributed by atoms with Crippen LogP contribution in [-0.2, 0) is 9.53 Å². The average Bonchev–Trinajstić information content (AvgIpc) is 2.65. The number of nitrogens with two attached hydrogens (primary N) is 1.